The number of hydrogen-bond donors (Lipinski definition) is 3. The molecule has 1 amide bonds. The Kier molecular flexibility index (Phi) is 2.86. The van der Waals surface area contributed by atoms with Crippen molar-refractivity contribution in [2.45, 2.75) is 18.2 Å². The highest BCUT2D eigenvalue weighted by Crippen LogP contribution is 1.95. The van der Waals surface area contributed by atoms with E-state index in [4.69, 9.17) is 11.5 Å². The Bertz CT molecular complexity index is 94.0. The molecule has 3 nitrogen and oxygen atoms in total. The van der Waals surface area contributed by atoms with E-state index in [2.05, 4.69) is 12.6 Å². The molecule has 0 aromatic heterocycles. The molecule has 0 saturated carbocycles. The zero-order valence-corrected chi connectivity index (χ0v) is 5.56. The van der Waals surface area contributed by atoms with Crippen LogP contribution in [0.2, 0.25) is 0 Å². The zero-order chi connectivity index (χ0) is 6.73. The fourth-order valence-corrected chi connectivity index (χ4v) is 0.385. The summed E-state index contributed by atoms with van der Waals surface area (Å²) < 4.78 is 0. The highest BCUT2D eigenvalue weighted by atomic mass is 32.1. The van der Waals surface area contributed by atoms with Gasteiger partial charge in [-0.2, -0.15) is 12.6 Å². The topological polar surface area (TPSA) is 69.1 Å². The fourth-order valence-electron chi connectivity index (χ4n) is 0.238. The quantitative estimate of drug-likeness (QED) is 0.429. The fraction of sp³-hybridized carbons (Fsp3) is 0.750. The van der Waals surface area contributed by atoms with Crippen LogP contribution >= 0.6 is 12.6 Å². The van der Waals surface area contributed by atoms with E-state index >= 15 is 0 Å². The highest BCUT2D eigenvalue weighted by molar-refractivity contribution is 7.81. The second-order valence-electron chi connectivity index (χ2n) is 1.67. The van der Waals surface area contributed by atoms with Gasteiger partial charge in [-0.3, -0.25) is 4.79 Å². The Hall–Kier alpha value is -0.220. The van der Waals surface area contributed by atoms with Gasteiger partial charge in [0.1, 0.15) is 0 Å². The summed E-state index contributed by atoms with van der Waals surface area (Å²) in [5.41, 5.74) is 10.0. The molecule has 0 aromatic rings. The minimum absolute atomic E-state index is 0.160. The first kappa shape index (κ1) is 7.78. The first-order valence-electron chi connectivity index (χ1n) is 2.28. The van der Waals surface area contributed by atoms with Crippen LogP contribution < -0.4 is 11.5 Å². The van der Waals surface area contributed by atoms with E-state index in [0.29, 0.717) is 0 Å². The van der Waals surface area contributed by atoms with Gasteiger partial charge in [0.15, 0.2) is 0 Å². The van der Waals surface area contributed by atoms with Gasteiger partial charge in [0.25, 0.3) is 0 Å². The van der Waals surface area contributed by atoms with Crippen LogP contribution in [0.5, 0.6) is 0 Å². The van der Waals surface area contributed by atoms with E-state index in [0.717, 1.165) is 0 Å². The molecule has 8 heavy (non-hydrogen) atoms. The molecule has 0 aromatic carbocycles. The molecule has 0 bridgehead atoms. The van der Waals surface area contributed by atoms with Crippen molar-refractivity contribution in [1.29, 1.82) is 0 Å². The van der Waals surface area contributed by atoms with Crippen LogP contribution in [0, 0.1) is 0 Å². The van der Waals surface area contributed by atoms with Gasteiger partial charge >= 0.3 is 0 Å². The summed E-state index contributed by atoms with van der Waals surface area (Å²) in [7, 11) is 0. The van der Waals surface area contributed by atoms with Gasteiger partial charge in [-0.15, -0.1) is 0 Å². The Morgan fingerprint density at radius 1 is 1.75 bits per heavy atom. The smallest absolute Gasteiger partial charge is 0.235 e. The van der Waals surface area contributed by atoms with E-state index in [1.54, 1.807) is 6.92 Å². The van der Waals surface area contributed by atoms with Crippen molar-refractivity contribution < 1.29 is 4.79 Å². The molecule has 4 heteroatoms. The van der Waals surface area contributed by atoms with Crippen molar-refractivity contribution in [2.24, 2.45) is 11.5 Å². The maximum atomic E-state index is 10.2. The molecule has 0 aliphatic carbocycles. The number of thiol groups is 1. The van der Waals surface area contributed by atoms with Gasteiger partial charge in [-0.1, -0.05) is 6.92 Å². The third-order valence-electron chi connectivity index (χ3n) is 0.848. The number of nitrogens with two attached hydrogens (primary N) is 2. The van der Waals surface area contributed by atoms with E-state index < -0.39 is 11.9 Å². The van der Waals surface area contributed by atoms with Crippen LogP contribution in [0.1, 0.15) is 6.92 Å². The summed E-state index contributed by atoms with van der Waals surface area (Å²) in [4.78, 5) is 10.2. The monoisotopic (exact) mass is 134 g/mol. The van der Waals surface area contributed by atoms with Crippen molar-refractivity contribution in [3.05, 3.63) is 0 Å². The molecule has 0 aliphatic rings. The van der Waals surface area contributed by atoms with Gasteiger partial charge in [0.2, 0.25) is 5.91 Å². The average Bonchev–Trinajstić information content (AvgIpc) is 1.64. The van der Waals surface area contributed by atoms with Crippen molar-refractivity contribution in [3.8, 4) is 0 Å². The van der Waals surface area contributed by atoms with Crippen molar-refractivity contribution in [1.82, 2.24) is 0 Å². The maximum Gasteiger partial charge on any atom is 0.235 e. The molecule has 2 atom stereocenters. The number of carbonyl (C=O) groups is 1. The molecule has 0 spiro atoms. The standard InChI is InChI=1S/C4H10N2OS/c1-2(8)3(5)4(6)7/h2-3,8H,5H2,1H3,(H2,6,7). The molecule has 0 aliphatic heterocycles. The third kappa shape index (κ3) is 2.18. The summed E-state index contributed by atoms with van der Waals surface area (Å²) in [6.45, 7) is 1.72. The lowest BCUT2D eigenvalue weighted by Gasteiger charge is -2.08. The van der Waals surface area contributed by atoms with Crippen molar-refractivity contribution in [2.75, 3.05) is 0 Å². The van der Waals surface area contributed by atoms with Crippen LogP contribution in [-0.4, -0.2) is 17.2 Å². The second kappa shape index (κ2) is 2.94. The molecule has 4 N–H and O–H groups in total. The minimum Gasteiger partial charge on any atom is -0.368 e. The van der Waals surface area contributed by atoms with Gasteiger partial charge in [0.05, 0.1) is 6.04 Å². The number of carbonyl (C=O) groups excluding carboxylic acids is 1. The van der Waals surface area contributed by atoms with E-state index in [9.17, 15) is 4.79 Å². The molecular weight excluding hydrogens is 124 g/mol. The zero-order valence-electron chi connectivity index (χ0n) is 4.66. The Morgan fingerprint density at radius 2 is 2.12 bits per heavy atom. The predicted octanol–water partition coefficient (Wildman–Crippen LogP) is -0.883. The van der Waals surface area contributed by atoms with E-state index in [1.165, 1.54) is 0 Å². The number of rotatable bonds is 2. The molecule has 0 fully saturated rings. The third-order valence-corrected chi connectivity index (χ3v) is 1.17. The van der Waals surface area contributed by atoms with Gasteiger partial charge in [0, 0.05) is 5.25 Å². The first-order chi connectivity index (χ1) is 3.55. The van der Waals surface area contributed by atoms with Gasteiger partial charge < -0.3 is 11.5 Å². The minimum atomic E-state index is -0.627. The largest absolute Gasteiger partial charge is 0.368 e. The SMILES string of the molecule is CC(S)C(N)C(N)=O. The van der Waals surface area contributed by atoms with Crippen LogP contribution in [-0.2, 0) is 4.79 Å². The highest BCUT2D eigenvalue weighted by Gasteiger charge is 2.12. The second-order valence-corrected chi connectivity index (χ2v) is 2.48. The van der Waals surface area contributed by atoms with Gasteiger partial charge in [-0.25, -0.2) is 0 Å². The molecule has 0 radical (unpaired) electrons. The maximum absolute atomic E-state index is 10.2. The molecule has 0 heterocycles. The number of hydrogen-bond acceptors (Lipinski definition) is 3. The van der Waals surface area contributed by atoms with Crippen LogP contribution in [0.15, 0.2) is 0 Å². The number of primary amides is 1. The summed E-state index contributed by atoms with van der Waals surface area (Å²) in [5.74, 6) is -0.507. The van der Waals surface area contributed by atoms with E-state index in [1.807, 2.05) is 0 Å². The molecular formula is C4H10N2OS. The van der Waals surface area contributed by atoms with Crippen molar-refractivity contribution >= 4 is 18.5 Å². The van der Waals surface area contributed by atoms with E-state index in [-0.39, 0.29) is 5.25 Å². The predicted molar refractivity (Wildman–Crippen MR) is 35.6 cm³/mol. The van der Waals surface area contributed by atoms with Crippen LogP contribution in [0.3, 0.4) is 0 Å². The summed E-state index contributed by atoms with van der Waals surface area (Å²) in [5, 5.41) is -0.160. The molecule has 2 unspecified atom stereocenters. The first-order valence-corrected chi connectivity index (χ1v) is 2.80. The summed E-state index contributed by atoms with van der Waals surface area (Å²) in [6.07, 6.45) is 0. The lowest BCUT2D eigenvalue weighted by Crippen LogP contribution is -2.42. The normalized spacial score (nSPS) is 17.4. The van der Waals surface area contributed by atoms with Crippen LogP contribution in [0.4, 0.5) is 0 Å². The molecule has 48 valence electrons. The molecule has 0 rings (SSSR count). The molecule has 0 saturated heterocycles. The van der Waals surface area contributed by atoms with Crippen LogP contribution in [0.25, 0.3) is 0 Å². The Balaban J connectivity index is 3.64. The summed E-state index contributed by atoms with van der Waals surface area (Å²) >= 11 is 3.91. The van der Waals surface area contributed by atoms with Crippen molar-refractivity contribution in [3.63, 3.8) is 0 Å². The Labute approximate surface area is 53.8 Å². The summed E-state index contributed by atoms with van der Waals surface area (Å²) in [6, 6.07) is -0.627. The lowest BCUT2D eigenvalue weighted by atomic mass is 10.2. The number of amides is 1. The average molecular weight is 134 g/mol. The Morgan fingerprint density at radius 3 is 2.12 bits per heavy atom. The lowest BCUT2D eigenvalue weighted by molar-refractivity contribution is -0.119. The van der Waals surface area contributed by atoms with Gasteiger partial charge in [-0.05, 0) is 0 Å².